The summed E-state index contributed by atoms with van der Waals surface area (Å²) < 4.78 is 15.2. The lowest BCUT2D eigenvalue weighted by Gasteiger charge is -2.31. The third-order valence-electron chi connectivity index (χ3n) is 4.56. The fraction of sp³-hybridized carbons (Fsp3) is 0.278. The van der Waals surface area contributed by atoms with E-state index < -0.39 is 23.8 Å². The molecule has 1 aromatic heterocycles. The average Bonchev–Trinajstić information content (AvgIpc) is 3.07. The van der Waals surface area contributed by atoms with Crippen molar-refractivity contribution in [2.75, 3.05) is 18.4 Å². The Hall–Kier alpha value is -3.27. The number of rotatable bonds is 4. The molecule has 1 aliphatic heterocycles. The molecule has 0 unspecified atom stereocenters. The molecule has 4 amide bonds. The minimum Gasteiger partial charge on any atom is -0.465 e. The summed E-state index contributed by atoms with van der Waals surface area (Å²) in [5.41, 5.74) is 5.80. The maximum atomic E-state index is 13.8. The molecule has 154 valence electrons. The SMILES string of the molecule is NC(=O)Nc1cn(-c2ccc(Cl)c(F)c2)cc1C(=O)N[C@H]1CCCN(C(=O)O)C1. The van der Waals surface area contributed by atoms with Crippen LogP contribution in [-0.4, -0.2) is 51.7 Å². The Labute approximate surface area is 170 Å². The van der Waals surface area contributed by atoms with Gasteiger partial charge in [-0.05, 0) is 31.0 Å². The molecule has 3 rings (SSSR count). The van der Waals surface area contributed by atoms with Gasteiger partial charge in [0.25, 0.3) is 5.91 Å². The highest BCUT2D eigenvalue weighted by atomic mass is 35.5. The lowest BCUT2D eigenvalue weighted by Crippen LogP contribution is -2.49. The van der Waals surface area contributed by atoms with E-state index in [-0.39, 0.29) is 28.9 Å². The van der Waals surface area contributed by atoms with Crippen LogP contribution in [-0.2, 0) is 0 Å². The zero-order chi connectivity index (χ0) is 21.1. The molecule has 1 aromatic carbocycles. The van der Waals surface area contributed by atoms with Crippen LogP contribution in [0, 0.1) is 5.82 Å². The van der Waals surface area contributed by atoms with Gasteiger partial charge in [-0.15, -0.1) is 0 Å². The van der Waals surface area contributed by atoms with Crippen molar-refractivity contribution in [3.05, 3.63) is 47.0 Å². The maximum absolute atomic E-state index is 13.8. The van der Waals surface area contributed by atoms with Crippen LogP contribution in [0.2, 0.25) is 5.02 Å². The zero-order valence-electron chi connectivity index (χ0n) is 15.2. The third kappa shape index (κ3) is 4.77. The van der Waals surface area contributed by atoms with Crippen molar-refractivity contribution in [3.63, 3.8) is 0 Å². The first-order valence-electron chi connectivity index (χ1n) is 8.77. The van der Waals surface area contributed by atoms with Crippen molar-refractivity contribution in [3.8, 4) is 5.69 Å². The number of piperidine rings is 1. The molecular weight excluding hydrogens is 405 g/mol. The summed E-state index contributed by atoms with van der Waals surface area (Å²) in [7, 11) is 0. The number of carbonyl (C=O) groups excluding carboxylic acids is 2. The number of aromatic nitrogens is 1. The Morgan fingerprint density at radius 2 is 2.03 bits per heavy atom. The first kappa shape index (κ1) is 20.5. The molecule has 5 N–H and O–H groups in total. The number of likely N-dealkylation sites (tertiary alicyclic amines) is 1. The number of primary amides is 1. The lowest BCUT2D eigenvalue weighted by molar-refractivity contribution is 0.0889. The van der Waals surface area contributed by atoms with Gasteiger partial charge in [0.2, 0.25) is 0 Å². The van der Waals surface area contributed by atoms with Gasteiger partial charge in [0.1, 0.15) is 5.82 Å². The number of benzene rings is 1. The number of carbonyl (C=O) groups is 3. The molecule has 9 nitrogen and oxygen atoms in total. The van der Waals surface area contributed by atoms with Gasteiger partial charge in [-0.2, -0.15) is 0 Å². The molecule has 1 aliphatic rings. The summed E-state index contributed by atoms with van der Waals surface area (Å²) in [6.45, 7) is 0.581. The van der Waals surface area contributed by atoms with Crippen molar-refractivity contribution in [1.29, 1.82) is 0 Å². The molecule has 0 radical (unpaired) electrons. The van der Waals surface area contributed by atoms with Crippen LogP contribution in [0.3, 0.4) is 0 Å². The molecule has 1 fully saturated rings. The van der Waals surface area contributed by atoms with E-state index in [0.29, 0.717) is 25.1 Å². The minimum atomic E-state index is -1.05. The van der Waals surface area contributed by atoms with Gasteiger partial charge in [0, 0.05) is 37.2 Å². The largest absolute Gasteiger partial charge is 0.465 e. The first-order chi connectivity index (χ1) is 13.7. The van der Waals surface area contributed by atoms with Gasteiger partial charge in [-0.1, -0.05) is 11.6 Å². The highest BCUT2D eigenvalue weighted by Crippen LogP contribution is 2.24. The summed E-state index contributed by atoms with van der Waals surface area (Å²) in [5, 5.41) is 14.2. The Bertz CT molecular complexity index is 964. The first-order valence-corrected chi connectivity index (χ1v) is 9.15. The molecule has 2 aromatic rings. The molecule has 11 heteroatoms. The number of hydrogen-bond donors (Lipinski definition) is 4. The Kier molecular flexibility index (Phi) is 5.92. The van der Waals surface area contributed by atoms with Gasteiger partial charge in [0.15, 0.2) is 0 Å². The second-order valence-corrected chi connectivity index (χ2v) is 7.03. The van der Waals surface area contributed by atoms with Crippen LogP contribution in [0.15, 0.2) is 30.6 Å². The number of anilines is 1. The Balaban J connectivity index is 1.85. The number of hydrogen-bond acceptors (Lipinski definition) is 3. The number of nitrogens with one attached hydrogen (secondary N) is 2. The molecule has 1 saturated heterocycles. The topological polar surface area (TPSA) is 130 Å². The standard InChI is InChI=1S/C18H19ClFN5O4/c19-13-4-3-11(6-14(13)20)25-8-12(15(9-25)23-17(21)27)16(26)22-10-2-1-5-24(7-10)18(28)29/h3-4,6,8-10H,1-2,5,7H2,(H,22,26)(H,28,29)(H3,21,23,27)/t10-/m0/s1. The van der Waals surface area contributed by atoms with Gasteiger partial charge in [-0.25, -0.2) is 14.0 Å². The van der Waals surface area contributed by atoms with E-state index in [9.17, 15) is 18.8 Å². The third-order valence-corrected chi connectivity index (χ3v) is 4.86. The van der Waals surface area contributed by atoms with Crippen LogP contribution in [0.1, 0.15) is 23.2 Å². The number of nitrogens with zero attached hydrogens (tertiary/aromatic N) is 2. The molecule has 0 bridgehead atoms. The Morgan fingerprint density at radius 3 is 2.69 bits per heavy atom. The van der Waals surface area contributed by atoms with Crippen LogP contribution in [0.25, 0.3) is 5.69 Å². The van der Waals surface area contributed by atoms with Gasteiger partial charge in [-0.3, -0.25) is 4.79 Å². The van der Waals surface area contributed by atoms with Crippen LogP contribution < -0.4 is 16.4 Å². The van der Waals surface area contributed by atoms with E-state index >= 15 is 0 Å². The smallest absolute Gasteiger partial charge is 0.407 e. The van der Waals surface area contributed by atoms with Crippen LogP contribution >= 0.6 is 11.6 Å². The fourth-order valence-electron chi connectivity index (χ4n) is 3.19. The minimum absolute atomic E-state index is 0.0466. The molecule has 1 atom stereocenters. The summed E-state index contributed by atoms with van der Waals surface area (Å²) in [4.78, 5) is 36.5. The van der Waals surface area contributed by atoms with Crippen molar-refractivity contribution in [1.82, 2.24) is 14.8 Å². The summed E-state index contributed by atoms with van der Waals surface area (Å²) in [5.74, 6) is -1.15. The zero-order valence-corrected chi connectivity index (χ0v) is 15.9. The number of amides is 4. The average molecular weight is 424 g/mol. The quantitative estimate of drug-likeness (QED) is 0.602. The predicted octanol–water partition coefficient (Wildman–Crippen LogP) is 2.63. The van der Waals surface area contributed by atoms with Gasteiger partial charge < -0.3 is 30.9 Å². The normalized spacial score (nSPS) is 16.3. The van der Waals surface area contributed by atoms with Crippen molar-refractivity contribution < 1.29 is 23.9 Å². The summed E-state index contributed by atoms with van der Waals surface area (Å²) >= 11 is 5.70. The van der Waals surface area contributed by atoms with E-state index in [1.165, 1.54) is 34.0 Å². The van der Waals surface area contributed by atoms with Gasteiger partial charge in [0.05, 0.1) is 16.3 Å². The fourth-order valence-corrected chi connectivity index (χ4v) is 3.31. The summed E-state index contributed by atoms with van der Waals surface area (Å²) in [6.07, 6.45) is 3.04. The van der Waals surface area contributed by atoms with Crippen LogP contribution in [0.5, 0.6) is 0 Å². The van der Waals surface area contributed by atoms with Crippen molar-refractivity contribution >= 4 is 35.3 Å². The number of nitrogens with two attached hydrogens (primary N) is 1. The summed E-state index contributed by atoms with van der Waals surface area (Å²) in [6, 6.07) is 2.87. The second kappa shape index (κ2) is 8.39. The van der Waals surface area contributed by atoms with E-state index in [1.807, 2.05) is 0 Å². The number of urea groups is 1. The number of carboxylic acid groups (broad SMARTS) is 1. The van der Waals surface area contributed by atoms with Crippen molar-refractivity contribution in [2.24, 2.45) is 5.73 Å². The van der Waals surface area contributed by atoms with Gasteiger partial charge >= 0.3 is 12.1 Å². The molecule has 0 spiro atoms. The molecule has 0 saturated carbocycles. The predicted molar refractivity (Wildman–Crippen MR) is 104 cm³/mol. The van der Waals surface area contributed by atoms with E-state index in [4.69, 9.17) is 22.4 Å². The highest BCUT2D eigenvalue weighted by Gasteiger charge is 2.26. The van der Waals surface area contributed by atoms with E-state index in [0.717, 1.165) is 0 Å². The molecule has 2 heterocycles. The second-order valence-electron chi connectivity index (χ2n) is 6.62. The lowest BCUT2D eigenvalue weighted by atomic mass is 10.1. The molecule has 29 heavy (non-hydrogen) atoms. The maximum Gasteiger partial charge on any atom is 0.407 e. The van der Waals surface area contributed by atoms with Crippen LogP contribution in [0.4, 0.5) is 19.7 Å². The van der Waals surface area contributed by atoms with Crippen molar-refractivity contribution in [2.45, 2.75) is 18.9 Å². The highest BCUT2D eigenvalue weighted by molar-refractivity contribution is 6.30. The molecule has 0 aliphatic carbocycles. The Morgan fingerprint density at radius 1 is 1.28 bits per heavy atom. The number of halogens is 2. The monoisotopic (exact) mass is 423 g/mol. The molecular formula is C18H19ClFN5O4. The van der Waals surface area contributed by atoms with E-state index in [2.05, 4.69) is 10.6 Å². The van der Waals surface area contributed by atoms with E-state index in [1.54, 1.807) is 6.07 Å².